The highest BCUT2D eigenvalue weighted by Gasteiger charge is 2.03. The zero-order valence-electron chi connectivity index (χ0n) is 9.41. The van der Waals surface area contributed by atoms with E-state index in [1.165, 1.54) is 0 Å². The molecule has 0 aromatic heterocycles. The molecular formula is C11H17NO3. The van der Waals surface area contributed by atoms with Gasteiger partial charge < -0.3 is 9.84 Å². The Balaban J connectivity index is 0. The van der Waals surface area contributed by atoms with E-state index in [1.54, 1.807) is 20.8 Å². The van der Waals surface area contributed by atoms with Crippen molar-refractivity contribution in [1.82, 2.24) is 0 Å². The first kappa shape index (κ1) is 15.9. The minimum absolute atomic E-state index is 0.0334. The molecule has 0 aliphatic carbocycles. The summed E-state index contributed by atoms with van der Waals surface area (Å²) in [6.45, 7) is 11.5. The lowest BCUT2D eigenvalue weighted by Crippen LogP contribution is -2.15. The maximum atomic E-state index is 10.6. The lowest BCUT2D eigenvalue weighted by Gasteiger charge is -2.04. The van der Waals surface area contributed by atoms with Crippen LogP contribution in [0.25, 0.3) is 0 Å². The Morgan fingerprint density at radius 3 is 2.13 bits per heavy atom. The van der Waals surface area contributed by atoms with Gasteiger partial charge in [-0.2, -0.15) is 5.26 Å². The number of carbonyl (C=O) groups excluding carboxylic acids is 1. The van der Waals surface area contributed by atoms with Gasteiger partial charge in [-0.15, -0.1) is 0 Å². The number of allylic oxidation sites excluding steroid dienone is 1. The highest BCUT2D eigenvalue weighted by Crippen LogP contribution is 1.92. The SMILES string of the molecule is C=C(C)C#N.C=C(C)C(=O)OCC(C)O. The molecule has 1 N–H and O–H groups in total. The molecule has 1 unspecified atom stereocenters. The fourth-order valence-corrected chi connectivity index (χ4v) is 0.319. The quantitative estimate of drug-likeness (QED) is 0.437. The van der Waals surface area contributed by atoms with Crippen LogP contribution in [0, 0.1) is 11.3 Å². The summed E-state index contributed by atoms with van der Waals surface area (Å²) in [5.74, 6) is -0.457. The summed E-state index contributed by atoms with van der Waals surface area (Å²) in [6, 6.07) is 1.83. The molecule has 15 heavy (non-hydrogen) atoms. The average Bonchev–Trinajstić information content (AvgIpc) is 2.14. The van der Waals surface area contributed by atoms with Crippen LogP contribution < -0.4 is 0 Å². The number of aliphatic hydroxyl groups is 1. The molecule has 0 aliphatic heterocycles. The van der Waals surface area contributed by atoms with E-state index in [2.05, 4.69) is 17.9 Å². The first-order valence-electron chi connectivity index (χ1n) is 4.37. The monoisotopic (exact) mass is 211 g/mol. The number of aliphatic hydroxyl groups excluding tert-OH is 1. The molecule has 0 heterocycles. The number of carbonyl (C=O) groups is 1. The molecule has 4 heteroatoms. The van der Waals surface area contributed by atoms with E-state index >= 15 is 0 Å². The van der Waals surface area contributed by atoms with Gasteiger partial charge in [-0.25, -0.2) is 4.79 Å². The fourth-order valence-electron chi connectivity index (χ4n) is 0.319. The molecular weight excluding hydrogens is 194 g/mol. The van der Waals surface area contributed by atoms with Crippen molar-refractivity contribution >= 4 is 5.97 Å². The van der Waals surface area contributed by atoms with Crippen molar-refractivity contribution in [3.63, 3.8) is 0 Å². The Morgan fingerprint density at radius 2 is 1.93 bits per heavy atom. The van der Waals surface area contributed by atoms with Gasteiger partial charge in [0.2, 0.25) is 0 Å². The van der Waals surface area contributed by atoms with E-state index in [9.17, 15) is 4.79 Å². The first-order valence-corrected chi connectivity index (χ1v) is 4.37. The topological polar surface area (TPSA) is 70.3 Å². The van der Waals surface area contributed by atoms with E-state index in [0.717, 1.165) is 0 Å². The lowest BCUT2D eigenvalue weighted by atomic mass is 10.3. The summed E-state index contributed by atoms with van der Waals surface area (Å²) in [6.07, 6.45) is -0.608. The van der Waals surface area contributed by atoms with Crippen LogP contribution in [0.5, 0.6) is 0 Å². The van der Waals surface area contributed by atoms with Crippen LogP contribution in [0.1, 0.15) is 20.8 Å². The van der Waals surface area contributed by atoms with Crippen molar-refractivity contribution in [2.45, 2.75) is 26.9 Å². The lowest BCUT2D eigenvalue weighted by molar-refractivity contribution is -0.141. The summed E-state index contributed by atoms with van der Waals surface area (Å²) >= 11 is 0. The maximum Gasteiger partial charge on any atom is 0.333 e. The smallest absolute Gasteiger partial charge is 0.333 e. The summed E-state index contributed by atoms with van der Waals surface area (Å²) in [5.41, 5.74) is 0.908. The van der Waals surface area contributed by atoms with E-state index in [-0.39, 0.29) is 6.61 Å². The van der Waals surface area contributed by atoms with Gasteiger partial charge in [0.05, 0.1) is 12.2 Å². The van der Waals surface area contributed by atoms with Crippen LogP contribution >= 0.6 is 0 Å². The summed E-state index contributed by atoms with van der Waals surface area (Å²) in [7, 11) is 0. The number of ether oxygens (including phenoxy) is 1. The number of nitriles is 1. The van der Waals surface area contributed by atoms with Crippen molar-refractivity contribution in [3.8, 4) is 6.07 Å². The standard InChI is InChI=1S/C7H12O3.C4H5N/c1-5(2)7(9)10-4-6(3)8;1-4(2)3-5/h6,8H,1,4H2,2-3H3;1H2,2H3. The van der Waals surface area contributed by atoms with Gasteiger partial charge in [0.15, 0.2) is 0 Å². The number of rotatable bonds is 3. The van der Waals surface area contributed by atoms with Crippen molar-refractivity contribution in [1.29, 1.82) is 5.26 Å². The highest BCUT2D eigenvalue weighted by atomic mass is 16.5. The van der Waals surface area contributed by atoms with E-state index in [1.807, 2.05) is 6.07 Å². The third-order valence-corrected chi connectivity index (χ3v) is 0.995. The van der Waals surface area contributed by atoms with E-state index in [4.69, 9.17) is 10.4 Å². The van der Waals surface area contributed by atoms with Crippen LogP contribution in [-0.4, -0.2) is 23.8 Å². The highest BCUT2D eigenvalue weighted by molar-refractivity contribution is 5.86. The second-order valence-electron chi connectivity index (χ2n) is 3.12. The van der Waals surface area contributed by atoms with Gasteiger partial charge in [-0.05, 0) is 20.8 Å². The van der Waals surface area contributed by atoms with Crippen molar-refractivity contribution < 1.29 is 14.6 Å². The second-order valence-corrected chi connectivity index (χ2v) is 3.12. The minimum atomic E-state index is -0.608. The molecule has 0 aliphatic rings. The zero-order chi connectivity index (χ0) is 12.4. The molecule has 84 valence electrons. The van der Waals surface area contributed by atoms with Gasteiger partial charge >= 0.3 is 5.97 Å². The van der Waals surface area contributed by atoms with Crippen LogP contribution in [0.3, 0.4) is 0 Å². The third-order valence-electron chi connectivity index (χ3n) is 0.995. The van der Waals surface area contributed by atoms with Gasteiger partial charge in [0, 0.05) is 11.1 Å². The van der Waals surface area contributed by atoms with Crippen LogP contribution in [0.15, 0.2) is 24.3 Å². The molecule has 4 nitrogen and oxygen atoms in total. The minimum Gasteiger partial charge on any atom is -0.460 e. The molecule has 0 saturated heterocycles. The Hall–Kier alpha value is -1.60. The van der Waals surface area contributed by atoms with Crippen molar-refractivity contribution in [2.75, 3.05) is 6.61 Å². The number of esters is 1. The Bertz CT molecular complexity index is 274. The number of hydrogen-bond donors (Lipinski definition) is 1. The normalized spacial score (nSPS) is 10.1. The van der Waals surface area contributed by atoms with E-state index in [0.29, 0.717) is 11.1 Å². The first-order chi connectivity index (χ1) is 6.81. The second kappa shape index (κ2) is 8.97. The van der Waals surface area contributed by atoms with E-state index < -0.39 is 12.1 Å². The summed E-state index contributed by atoms with van der Waals surface area (Å²) in [5, 5.41) is 16.5. The van der Waals surface area contributed by atoms with Gasteiger partial charge in [-0.1, -0.05) is 13.2 Å². The molecule has 0 rings (SSSR count). The van der Waals surface area contributed by atoms with Gasteiger partial charge in [0.1, 0.15) is 6.61 Å². The Kier molecular flexibility index (Phi) is 9.49. The zero-order valence-corrected chi connectivity index (χ0v) is 9.41. The van der Waals surface area contributed by atoms with Crippen molar-refractivity contribution in [2.24, 2.45) is 0 Å². The molecule has 0 fully saturated rings. The predicted octanol–water partition coefficient (Wildman–Crippen LogP) is 1.57. The molecule has 0 spiro atoms. The van der Waals surface area contributed by atoms with Gasteiger partial charge in [-0.3, -0.25) is 0 Å². The number of hydrogen-bond acceptors (Lipinski definition) is 4. The molecule has 0 aromatic carbocycles. The predicted molar refractivity (Wildman–Crippen MR) is 57.9 cm³/mol. The largest absolute Gasteiger partial charge is 0.460 e. The molecule has 0 aromatic rings. The molecule has 0 amide bonds. The maximum absolute atomic E-state index is 10.6. The van der Waals surface area contributed by atoms with Crippen molar-refractivity contribution in [3.05, 3.63) is 24.3 Å². The van der Waals surface area contributed by atoms with Crippen LogP contribution in [-0.2, 0) is 9.53 Å². The Labute approximate surface area is 90.5 Å². The van der Waals surface area contributed by atoms with Gasteiger partial charge in [0.25, 0.3) is 0 Å². The summed E-state index contributed by atoms with van der Waals surface area (Å²) in [4.78, 5) is 10.6. The summed E-state index contributed by atoms with van der Waals surface area (Å²) < 4.78 is 4.58. The Morgan fingerprint density at radius 1 is 1.53 bits per heavy atom. The molecule has 0 bridgehead atoms. The molecule has 0 saturated carbocycles. The average molecular weight is 211 g/mol. The molecule has 0 radical (unpaired) electrons. The van der Waals surface area contributed by atoms with Crippen LogP contribution in [0.4, 0.5) is 0 Å². The third kappa shape index (κ3) is 15.2. The number of nitrogens with zero attached hydrogens (tertiary/aromatic N) is 1. The fraction of sp³-hybridized carbons (Fsp3) is 0.455. The van der Waals surface area contributed by atoms with Crippen LogP contribution in [0.2, 0.25) is 0 Å². The molecule has 1 atom stereocenters.